The number of nitrogens with zero attached hydrogens (tertiary/aromatic N) is 2. The molecule has 2 aromatic carbocycles. The number of aromatic nitrogens is 2. The Morgan fingerprint density at radius 3 is 2.60 bits per heavy atom. The van der Waals surface area contributed by atoms with Gasteiger partial charge < -0.3 is 15.2 Å². The van der Waals surface area contributed by atoms with Crippen LogP contribution in [0.25, 0.3) is 11.3 Å². The van der Waals surface area contributed by atoms with Gasteiger partial charge in [-0.05, 0) is 54.3 Å². The lowest BCUT2D eigenvalue weighted by Gasteiger charge is -2.13. The van der Waals surface area contributed by atoms with Gasteiger partial charge in [-0.25, -0.2) is 0 Å². The van der Waals surface area contributed by atoms with E-state index in [1.54, 1.807) is 0 Å². The molecule has 0 amide bonds. The molecule has 0 aliphatic rings. The highest BCUT2D eigenvalue weighted by atomic mass is 32.1. The van der Waals surface area contributed by atoms with Crippen molar-refractivity contribution in [3.63, 3.8) is 0 Å². The molecule has 130 valence electrons. The molecule has 0 radical (unpaired) electrons. The van der Waals surface area contributed by atoms with Gasteiger partial charge in [0.25, 0.3) is 0 Å². The van der Waals surface area contributed by atoms with Gasteiger partial charge in [0.05, 0.1) is 0 Å². The van der Waals surface area contributed by atoms with E-state index in [1.807, 2.05) is 47.8 Å². The lowest BCUT2D eigenvalue weighted by atomic mass is 10.1. The van der Waals surface area contributed by atoms with Crippen LogP contribution in [0, 0.1) is 0 Å². The van der Waals surface area contributed by atoms with Crippen molar-refractivity contribution in [2.75, 3.05) is 19.7 Å². The average Bonchev–Trinajstić information content (AvgIpc) is 3.20. The van der Waals surface area contributed by atoms with Crippen LogP contribution in [0.15, 0.2) is 60.0 Å². The van der Waals surface area contributed by atoms with Gasteiger partial charge in [-0.2, -0.15) is 0 Å². The number of nitrogens with one attached hydrogen (secondary N) is 1. The van der Waals surface area contributed by atoms with Gasteiger partial charge in [0.2, 0.25) is 0 Å². The zero-order valence-electron chi connectivity index (χ0n) is 13.8. The van der Waals surface area contributed by atoms with E-state index in [4.69, 9.17) is 4.74 Å². The number of hydrogen-bond donors (Lipinski definition) is 2. The third-order valence-corrected chi connectivity index (χ3v) is 4.27. The SMILES string of the molecule is OC(CNCCc1ccccc1)COc1ccc(-c2csnn2)cc1. The zero-order chi connectivity index (χ0) is 17.3. The first-order chi connectivity index (χ1) is 12.3. The Morgan fingerprint density at radius 2 is 1.88 bits per heavy atom. The van der Waals surface area contributed by atoms with E-state index in [9.17, 15) is 5.11 Å². The van der Waals surface area contributed by atoms with E-state index in [0.717, 1.165) is 30.0 Å². The third-order valence-electron chi connectivity index (χ3n) is 3.77. The van der Waals surface area contributed by atoms with Gasteiger partial charge in [0.15, 0.2) is 0 Å². The Bertz CT molecular complexity index is 733. The fraction of sp³-hybridized carbons (Fsp3) is 0.263. The topological polar surface area (TPSA) is 67.3 Å². The second-order valence-corrected chi connectivity index (χ2v) is 6.33. The Labute approximate surface area is 151 Å². The van der Waals surface area contributed by atoms with Gasteiger partial charge in [0.1, 0.15) is 24.2 Å². The number of aliphatic hydroxyl groups is 1. The summed E-state index contributed by atoms with van der Waals surface area (Å²) in [5.41, 5.74) is 3.15. The minimum Gasteiger partial charge on any atom is -0.491 e. The molecule has 2 N–H and O–H groups in total. The molecule has 0 aliphatic carbocycles. The van der Waals surface area contributed by atoms with Crippen LogP contribution in [0.1, 0.15) is 5.56 Å². The van der Waals surface area contributed by atoms with Gasteiger partial charge in [-0.3, -0.25) is 0 Å². The van der Waals surface area contributed by atoms with E-state index < -0.39 is 6.10 Å². The van der Waals surface area contributed by atoms with E-state index in [2.05, 4.69) is 27.0 Å². The van der Waals surface area contributed by atoms with Gasteiger partial charge in [-0.1, -0.05) is 34.8 Å². The zero-order valence-corrected chi connectivity index (χ0v) is 14.7. The second kappa shape index (κ2) is 9.27. The molecule has 6 heteroatoms. The molecule has 1 unspecified atom stereocenters. The maximum Gasteiger partial charge on any atom is 0.119 e. The predicted octanol–water partition coefficient (Wildman–Crippen LogP) is 2.78. The summed E-state index contributed by atoms with van der Waals surface area (Å²) >= 11 is 1.33. The lowest BCUT2D eigenvalue weighted by Crippen LogP contribution is -2.32. The Hall–Kier alpha value is -2.28. The summed E-state index contributed by atoms with van der Waals surface area (Å²) in [6.07, 6.45) is 0.402. The highest BCUT2D eigenvalue weighted by molar-refractivity contribution is 7.03. The number of aliphatic hydroxyl groups excluding tert-OH is 1. The molecule has 1 heterocycles. The van der Waals surface area contributed by atoms with Crippen molar-refractivity contribution in [3.8, 4) is 17.0 Å². The van der Waals surface area contributed by atoms with E-state index in [-0.39, 0.29) is 6.61 Å². The first kappa shape index (κ1) is 17.5. The minimum absolute atomic E-state index is 0.260. The molecule has 0 spiro atoms. The first-order valence-electron chi connectivity index (χ1n) is 8.24. The molecule has 1 aromatic heterocycles. The summed E-state index contributed by atoms with van der Waals surface area (Å²) < 4.78 is 9.49. The highest BCUT2D eigenvalue weighted by Gasteiger charge is 2.06. The van der Waals surface area contributed by atoms with Crippen LogP contribution in [-0.4, -0.2) is 40.5 Å². The summed E-state index contributed by atoms with van der Waals surface area (Å²) in [5.74, 6) is 0.732. The molecule has 3 rings (SSSR count). The van der Waals surface area contributed by atoms with Crippen LogP contribution in [-0.2, 0) is 6.42 Å². The average molecular weight is 355 g/mol. The van der Waals surface area contributed by atoms with Crippen molar-refractivity contribution in [1.29, 1.82) is 0 Å². The smallest absolute Gasteiger partial charge is 0.119 e. The largest absolute Gasteiger partial charge is 0.491 e. The number of rotatable bonds is 9. The van der Waals surface area contributed by atoms with Gasteiger partial charge in [0, 0.05) is 17.5 Å². The molecule has 0 saturated heterocycles. The highest BCUT2D eigenvalue weighted by Crippen LogP contribution is 2.21. The lowest BCUT2D eigenvalue weighted by molar-refractivity contribution is 0.106. The van der Waals surface area contributed by atoms with Crippen molar-refractivity contribution < 1.29 is 9.84 Å². The summed E-state index contributed by atoms with van der Waals surface area (Å²) in [6.45, 7) is 1.60. The van der Waals surface area contributed by atoms with Gasteiger partial charge in [-0.15, -0.1) is 5.10 Å². The van der Waals surface area contributed by atoms with Crippen LogP contribution < -0.4 is 10.1 Å². The van der Waals surface area contributed by atoms with E-state index >= 15 is 0 Å². The standard InChI is InChI=1S/C19H21N3O2S/c23-17(12-20-11-10-15-4-2-1-3-5-15)13-24-18-8-6-16(7-9-18)19-14-25-22-21-19/h1-9,14,17,20,23H,10-13H2. The monoisotopic (exact) mass is 355 g/mol. The molecule has 0 aliphatic heterocycles. The number of ether oxygens (including phenoxy) is 1. The van der Waals surface area contributed by atoms with Crippen molar-refractivity contribution in [1.82, 2.24) is 14.9 Å². The van der Waals surface area contributed by atoms with Crippen LogP contribution >= 0.6 is 11.5 Å². The van der Waals surface area contributed by atoms with E-state index in [1.165, 1.54) is 17.1 Å². The molecule has 1 atom stereocenters. The van der Waals surface area contributed by atoms with Crippen LogP contribution in [0.2, 0.25) is 0 Å². The fourth-order valence-corrected chi connectivity index (χ4v) is 2.88. The Balaban J connectivity index is 1.35. The van der Waals surface area contributed by atoms with Crippen LogP contribution in [0.5, 0.6) is 5.75 Å². The maximum absolute atomic E-state index is 10.0. The molecular weight excluding hydrogens is 334 g/mol. The molecule has 0 fully saturated rings. The summed E-state index contributed by atoms with van der Waals surface area (Å²) in [6, 6.07) is 17.9. The number of hydrogen-bond acceptors (Lipinski definition) is 6. The summed E-state index contributed by atoms with van der Waals surface area (Å²) in [7, 11) is 0. The summed E-state index contributed by atoms with van der Waals surface area (Å²) in [4.78, 5) is 0. The predicted molar refractivity (Wildman–Crippen MR) is 99.9 cm³/mol. The second-order valence-electron chi connectivity index (χ2n) is 5.72. The molecule has 3 aromatic rings. The summed E-state index contributed by atoms with van der Waals surface area (Å²) in [5, 5.41) is 19.2. The maximum atomic E-state index is 10.0. The molecule has 0 bridgehead atoms. The van der Waals surface area contributed by atoms with Crippen LogP contribution in [0.4, 0.5) is 0 Å². The molecule has 5 nitrogen and oxygen atoms in total. The normalized spacial score (nSPS) is 12.0. The molecule has 25 heavy (non-hydrogen) atoms. The quantitative estimate of drug-likeness (QED) is 0.578. The van der Waals surface area contributed by atoms with Crippen molar-refractivity contribution in [3.05, 3.63) is 65.5 Å². The number of benzene rings is 2. The third kappa shape index (κ3) is 5.63. The Kier molecular flexibility index (Phi) is 6.50. The van der Waals surface area contributed by atoms with Gasteiger partial charge >= 0.3 is 0 Å². The fourth-order valence-electron chi connectivity index (χ4n) is 2.41. The van der Waals surface area contributed by atoms with Crippen molar-refractivity contribution in [2.24, 2.45) is 0 Å². The minimum atomic E-state index is -0.543. The first-order valence-corrected chi connectivity index (χ1v) is 9.08. The Morgan fingerprint density at radius 1 is 1.08 bits per heavy atom. The molecule has 0 saturated carbocycles. The van der Waals surface area contributed by atoms with Crippen LogP contribution in [0.3, 0.4) is 0 Å². The van der Waals surface area contributed by atoms with E-state index in [0.29, 0.717) is 6.54 Å². The molecular formula is C19H21N3O2S. The van der Waals surface area contributed by atoms with Crippen molar-refractivity contribution in [2.45, 2.75) is 12.5 Å². The van der Waals surface area contributed by atoms with Crippen molar-refractivity contribution >= 4 is 11.5 Å².